The molecule has 0 fully saturated rings. The number of hydrogen-bond donors (Lipinski definition) is 2. The molecule has 0 radical (unpaired) electrons. The number of rotatable bonds is 1. The van der Waals surface area contributed by atoms with Gasteiger partial charge in [-0.05, 0) is 6.07 Å². The molecule has 0 aliphatic rings. The van der Waals surface area contributed by atoms with Crippen molar-refractivity contribution in [3.8, 4) is 0 Å². The van der Waals surface area contributed by atoms with Crippen LogP contribution in [-0.4, -0.2) is 19.0 Å². The van der Waals surface area contributed by atoms with Gasteiger partial charge in [-0.3, -0.25) is 4.79 Å². The van der Waals surface area contributed by atoms with Gasteiger partial charge in [-0.2, -0.15) is 5.10 Å². The molecule has 1 rings (SSSR count). The average molecular weight is 160 g/mol. The standard InChI is InChI=1S/C4H4N2O3S/c7-4-3(10(8)9)1-2-5-6-4/h1-2H,(H,6,7)(H,8,9). The van der Waals surface area contributed by atoms with Gasteiger partial charge in [0.1, 0.15) is 4.90 Å². The predicted octanol–water partition coefficient (Wildman–Crippen LogP) is -0.650. The zero-order valence-electron chi connectivity index (χ0n) is 4.77. The SMILES string of the molecule is O=c1[nH]nccc1S(=O)O. The first kappa shape index (κ1) is 7.10. The zero-order chi connectivity index (χ0) is 7.56. The van der Waals surface area contributed by atoms with Crippen LogP contribution in [0.15, 0.2) is 22.0 Å². The zero-order valence-corrected chi connectivity index (χ0v) is 5.59. The van der Waals surface area contributed by atoms with Crippen LogP contribution < -0.4 is 5.56 Å². The quantitative estimate of drug-likeness (QED) is 0.535. The molecule has 1 heterocycles. The monoisotopic (exact) mass is 160 g/mol. The molecule has 1 aromatic rings. The van der Waals surface area contributed by atoms with E-state index in [2.05, 4.69) is 5.10 Å². The Morgan fingerprint density at radius 1 is 1.70 bits per heavy atom. The van der Waals surface area contributed by atoms with Gasteiger partial charge < -0.3 is 4.55 Å². The Morgan fingerprint density at radius 2 is 2.40 bits per heavy atom. The van der Waals surface area contributed by atoms with Crippen LogP contribution in [0.1, 0.15) is 0 Å². The fourth-order valence-electron chi connectivity index (χ4n) is 0.469. The Morgan fingerprint density at radius 3 is 2.80 bits per heavy atom. The van der Waals surface area contributed by atoms with Gasteiger partial charge in [0.2, 0.25) is 0 Å². The summed E-state index contributed by atoms with van der Waals surface area (Å²) in [5.74, 6) is 0. The van der Waals surface area contributed by atoms with Gasteiger partial charge in [-0.25, -0.2) is 9.31 Å². The first-order valence-corrected chi connectivity index (χ1v) is 3.47. The van der Waals surface area contributed by atoms with Gasteiger partial charge >= 0.3 is 0 Å². The molecule has 6 heteroatoms. The van der Waals surface area contributed by atoms with Crippen LogP contribution in [0.2, 0.25) is 0 Å². The maximum Gasteiger partial charge on any atom is 0.282 e. The van der Waals surface area contributed by atoms with Crippen LogP contribution in [-0.2, 0) is 11.1 Å². The van der Waals surface area contributed by atoms with E-state index in [1.165, 1.54) is 12.3 Å². The number of aromatic amines is 1. The summed E-state index contributed by atoms with van der Waals surface area (Å²) < 4.78 is 18.7. The smallest absolute Gasteiger partial charge is 0.282 e. The van der Waals surface area contributed by atoms with E-state index in [4.69, 9.17) is 4.55 Å². The molecule has 0 saturated carbocycles. The van der Waals surface area contributed by atoms with Crippen LogP contribution in [0.4, 0.5) is 0 Å². The summed E-state index contributed by atoms with van der Waals surface area (Å²) in [6.07, 6.45) is 1.24. The lowest BCUT2D eigenvalue weighted by molar-refractivity contribution is 0.562. The first-order valence-electron chi connectivity index (χ1n) is 2.36. The summed E-state index contributed by atoms with van der Waals surface area (Å²) in [6.45, 7) is 0. The minimum atomic E-state index is -2.22. The van der Waals surface area contributed by atoms with Crippen molar-refractivity contribution in [1.29, 1.82) is 0 Å². The molecule has 0 spiro atoms. The van der Waals surface area contributed by atoms with Gasteiger partial charge in [0.05, 0.1) is 0 Å². The summed E-state index contributed by atoms with van der Waals surface area (Å²) >= 11 is -2.22. The first-order chi connectivity index (χ1) is 4.72. The highest BCUT2D eigenvalue weighted by Crippen LogP contribution is 1.90. The number of H-pyrrole nitrogens is 1. The summed E-state index contributed by atoms with van der Waals surface area (Å²) in [5, 5.41) is 5.37. The van der Waals surface area contributed by atoms with E-state index in [0.29, 0.717) is 0 Å². The molecule has 0 aliphatic heterocycles. The molecule has 0 bridgehead atoms. The van der Waals surface area contributed by atoms with Crippen molar-refractivity contribution < 1.29 is 8.76 Å². The van der Waals surface area contributed by atoms with Gasteiger partial charge in [-0.1, -0.05) is 0 Å². The lowest BCUT2D eigenvalue weighted by Gasteiger charge is -1.88. The lowest BCUT2D eigenvalue weighted by Crippen LogP contribution is -2.13. The molecule has 2 N–H and O–H groups in total. The highest BCUT2D eigenvalue weighted by atomic mass is 32.2. The third kappa shape index (κ3) is 1.28. The largest absolute Gasteiger partial charge is 0.302 e. The van der Waals surface area contributed by atoms with Crippen molar-refractivity contribution in [2.24, 2.45) is 0 Å². The van der Waals surface area contributed by atoms with Crippen LogP contribution in [0.5, 0.6) is 0 Å². The van der Waals surface area contributed by atoms with E-state index in [1.807, 2.05) is 5.10 Å². The second-order valence-electron chi connectivity index (χ2n) is 1.50. The maximum absolute atomic E-state index is 10.6. The fourth-order valence-corrected chi connectivity index (χ4v) is 0.851. The third-order valence-electron chi connectivity index (χ3n) is 0.878. The summed E-state index contributed by atoms with van der Waals surface area (Å²) in [6, 6.07) is 1.19. The van der Waals surface area contributed by atoms with E-state index in [9.17, 15) is 9.00 Å². The summed E-state index contributed by atoms with van der Waals surface area (Å²) in [4.78, 5) is 10.4. The van der Waals surface area contributed by atoms with E-state index >= 15 is 0 Å². The van der Waals surface area contributed by atoms with Gasteiger partial charge in [0, 0.05) is 6.20 Å². The van der Waals surface area contributed by atoms with E-state index < -0.39 is 16.6 Å². The van der Waals surface area contributed by atoms with Crippen LogP contribution in [0, 0.1) is 0 Å². The Bertz CT molecular complexity index is 307. The average Bonchev–Trinajstić information content (AvgIpc) is 1.88. The molecule has 5 nitrogen and oxygen atoms in total. The van der Waals surface area contributed by atoms with Crippen LogP contribution >= 0.6 is 0 Å². The number of hydrogen-bond acceptors (Lipinski definition) is 3. The van der Waals surface area contributed by atoms with Gasteiger partial charge in [0.15, 0.2) is 11.1 Å². The summed E-state index contributed by atoms with van der Waals surface area (Å²) in [7, 11) is 0. The molecule has 0 aromatic carbocycles. The normalized spacial score (nSPS) is 12.9. The number of nitrogens with zero attached hydrogens (tertiary/aromatic N) is 1. The van der Waals surface area contributed by atoms with E-state index in [-0.39, 0.29) is 4.90 Å². The Labute approximate surface area is 58.4 Å². The molecule has 0 saturated heterocycles. The Balaban J connectivity index is 3.29. The van der Waals surface area contributed by atoms with Crippen molar-refractivity contribution in [3.63, 3.8) is 0 Å². The summed E-state index contributed by atoms with van der Waals surface area (Å²) in [5.41, 5.74) is -0.636. The second kappa shape index (κ2) is 2.72. The lowest BCUT2D eigenvalue weighted by atomic mass is 10.6. The number of nitrogens with one attached hydrogen (secondary N) is 1. The third-order valence-corrected chi connectivity index (χ3v) is 1.58. The second-order valence-corrected chi connectivity index (χ2v) is 2.44. The highest BCUT2D eigenvalue weighted by molar-refractivity contribution is 7.79. The minimum Gasteiger partial charge on any atom is -0.302 e. The maximum atomic E-state index is 10.6. The fraction of sp³-hybridized carbons (Fsp3) is 0. The molecule has 1 aromatic heterocycles. The van der Waals surface area contributed by atoms with E-state index in [1.54, 1.807) is 0 Å². The highest BCUT2D eigenvalue weighted by Gasteiger charge is 2.02. The predicted molar refractivity (Wildman–Crippen MR) is 33.9 cm³/mol. The van der Waals surface area contributed by atoms with Crippen molar-refractivity contribution in [2.45, 2.75) is 4.90 Å². The van der Waals surface area contributed by atoms with Gasteiger partial charge in [0.25, 0.3) is 5.56 Å². The Hall–Kier alpha value is -1.01. The van der Waals surface area contributed by atoms with Crippen LogP contribution in [0.25, 0.3) is 0 Å². The molecule has 0 amide bonds. The molecule has 0 aliphatic carbocycles. The molecule has 1 atom stereocenters. The van der Waals surface area contributed by atoms with E-state index in [0.717, 1.165) is 0 Å². The van der Waals surface area contributed by atoms with Gasteiger partial charge in [-0.15, -0.1) is 0 Å². The van der Waals surface area contributed by atoms with Crippen molar-refractivity contribution in [1.82, 2.24) is 10.2 Å². The molecule has 1 unspecified atom stereocenters. The molecule has 54 valence electrons. The number of aromatic nitrogens is 2. The molecular formula is C4H4N2O3S. The molecular weight excluding hydrogens is 156 g/mol. The van der Waals surface area contributed by atoms with Crippen molar-refractivity contribution in [2.75, 3.05) is 0 Å². The van der Waals surface area contributed by atoms with Crippen LogP contribution in [0.3, 0.4) is 0 Å². The minimum absolute atomic E-state index is 0.185. The Kier molecular flexibility index (Phi) is 1.93. The van der Waals surface area contributed by atoms with Crippen molar-refractivity contribution >= 4 is 11.1 Å². The van der Waals surface area contributed by atoms with Crippen molar-refractivity contribution in [3.05, 3.63) is 22.6 Å². The topological polar surface area (TPSA) is 83.0 Å². The molecule has 10 heavy (non-hydrogen) atoms.